The lowest BCUT2D eigenvalue weighted by atomic mass is 9.80. The number of nitrogens with zero attached hydrogens (tertiary/aromatic N) is 1. The highest BCUT2D eigenvalue weighted by Gasteiger charge is 2.36. The maximum Gasteiger partial charge on any atom is 0.335 e. The Morgan fingerprint density at radius 3 is 2.70 bits per heavy atom. The number of carbonyl (C=O) groups excluding carboxylic acids is 2. The molecular formula is C26H28N2O5. The van der Waals surface area contributed by atoms with Crippen LogP contribution in [-0.4, -0.2) is 29.6 Å². The van der Waals surface area contributed by atoms with Gasteiger partial charge in [-0.15, -0.1) is 0 Å². The van der Waals surface area contributed by atoms with Crippen molar-refractivity contribution in [3.63, 3.8) is 0 Å². The lowest BCUT2D eigenvalue weighted by molar-refractivity contribution is -0.143. The number of nitriles is 1. The van der Waals surface area contributed by atoms with E-state index in [-0.39, 0.29) is 30.3 Å². The van der Waals surface area contributed by atoms with Gasteiger partial charge in [0.25, 0.3) is 0 Å². The first-order valence-electron chi connectivity index (χ1n) is 11.1. The molecule has 0 heterocycles. The van der Waals surface area contributed by atoms with E-state index in [1.807, 2.05) is 13.0 Å². The number of nitrogens with one attached hydrogen (secondary N) is 1. The van der Waals surface area contributed by atoms with Crippen LogP contribution < -0.4 is 5.32 Å². The number of carboxylic acid groups (broad SMARTS) is 1. The van der Waals surface area contributed by atoms with E-state index in [1.54, 1.807) is 37.3 Å². The van der Waals surface area contributed by atoms with Crippen LogP contribution in [0.2, 0.25) is 0 Å². The summed E-state index contributed by atoms with van der Waals surface area (Å²) in [5, 5.41) is 21.6. The molecule has 0 saturated heterocycles. The second kappa shape index (κ2) is 10.3. The standard InChI is InChI=1S/C26H28N2O5/c1-3-33-24(30)6-4-5-19-8-7-17(16-27)13-22(19)28-23(29)15-26(2)12-11-18-9-10-20(25(31)32)14-21(18)26/h7-10,13-14H,3-6,11-12,15H2,1-2H3,(H,28,29)(H,31,32)/t26-/m1/s1. The van der Waals surface area contributed by atoms with Crippen LogP contribution in [0.4, 0.5) is 5.69 Å². The number of carbonyl (C=O) groups is 3. The van der Waals surface area contributed by atoms with Crippen LogP contribution in [0.15, 0.2) is 36.4 Å². The van der Waals surface area contributed by atoms with Crippen molar-refractivity contribution in [1.82, 2.24) is 0 Å². The number of rotatable bonds is 9. The summed E-state index contributed by atoms with van der Waals surface area (Å²) >= 11 is 0. The molecule has 0 spiro atoms. The quantitative estimate of drug-likeness (QED) is 0.550. The average molecular weight is 449 g/mol. The highest BCUT2D eigenvalue weighted by molar-refractivity contribution is 5.93. The number of esters is 1. The average Bonchev–Trinajstić information content (AvgIpc) is 3.10. The Hall–Kier alpha value is -3.66. The number of aryl methyl sites for hydroxylation is 2. The molecule has 2 N–H and O–H groups in total. The summed E-state index contributed by atoms with van der Waals surface area (Å²) in [5.41, 5.74) is 3.55. The van der Waals surface area contributed by atoms with Crippen LogP contribution in [0, 0.1) is 11.3 Å². The summed E-state index contributed by atoms with van der Waals surface area (Å²) < 4.78 is 4.96. The van der Waals surface area contributed by atoms with Gasteiger partial charge in [0.15, 0.2) is 0 Å². The molecule has 0 aromatic heterocycles. The fourth-order valence-corrected chi connectivity index (χ4v) is 4.40. The first kappa shape index (κ1) is 24.0. The van der Waals surface area contributed by atoms with E-state index >= 15 is 0 Å². The van der Waals surface area contributed by atoms with Crippen LogP contribution in [0.1, 0.15) is 72.1 Å². The molecule has 1 atom stereocenters. The van der Waals surface area contributed by atoms with Gasteiger partial charge >= 0.3 is 11.9 Å². The highest BCUT2D eigenvalue weighted by Crippen LogP contribution is 2.42. The second-order valence-corrected chi connectivity index (χ2v) is 8.60. The number of fused-ring (bicyclic) bond motifs is 1. The van der Waals surface area contributed by atoms with Crippen molar-refractivity contribution in [3.8, 4) is 6.07 Å². The maximum atomic E-state index is 13.0. The SMILES string of the molecule is CCOC(=O)CCCc1ccc(C#N)cc1NC(=O)C[C@@]1(C)CCc2ccc(C(=O)O)cc21. The number of anilines is 1. The van der Waals surface area contributed by atoms with E-state index in [1.165, 1.54) is 0 Å². The molecule has 7 heteroatoms. The molecule has 0 saturated carbocycles. The second-order valence-electron chi connectivity index (χ2n) is 8.60. The Morgan fingerprint density at radius 2 is 2.00 bits per heavy atom. The van der Waals surface area contributed by atoms with Gasteiger partial charge in [0.1, 0.15) is 0 Å². The molecule has 0 bridgehead atoms. The van der Waals surface area contributed by atoms with Crippen LogP contribution in [0.3, 0.4) is 0 Å². The zero-order chi connectivity index (χ0) is 24.0. The number of carboxylic acids is 1. The molecule has 0 fully saturated rings. The van der Waals surface area contributed by atoms with E-state index in [9.17, 15) is 24.8 Å². The summed E-state index contributed by atoms with van der Waals surface area (Å²) in [6.07, 6.45) is 3.15. The molecule has 33 heavy (non-hydrogen) atoms. The van der Waals surface area contributed by atoms with Crippen LogP contribution >= 0.6 is 0 Å². The molecule has 0 radical (unpaired) electrons. The monoisotopic (exact) mass is 448 g/mol. The Bertz CT molecular complexity index is 1120. The third-order valence-corrected chi connectivity index (χ3v) is 6.15. The third kappa shape index (κ3) is 5.78. The minimum atomic E-state index is -0.989. The molecule has 7 nitrogen and oxygen atoms in total. The molecule has 1 aliphatic rings. The van der Waals surface area contributed by atoms with Crippen molar-refractivity contribution in [1.29, 1.82) is 5.26 Å². The number of ether oxygens (including phenoxy) is 1. The summed E-state index contributed by atoms with van der Waals surface area (Å²) in [6.45, 7) is 4.08. The molecule has 3 rings (SSSR count). The Labute approximate surface area is 193 Å². The van der Waals surface area contributed by atoms with Crippen molar-refractivity contribution in [2.24, 2.45) is 0 Å². The number of amides is 1. The summed E-state index contributed by atoms with van der Waals surface area (Å²) in [7, 11) is 0. The van der Waals surface area contributed by atoms with Gasteiger partial charge in [-0.05, 0) is 73.6 Å². The van der Waals surface area contributed by atoms with E-state index in [2.05, 4.69) is 11.4 Å². The summed E-state index contributed by atoms with van der Waals surface area (Å²) in [4.78, 5) is 36.1. The van der Waals surface area contributed by atoms with Gasteiger partial charge in [0.05, 0.1) is 23.8 Å². The number of benzene rings is 2. The van der Waals surface area contributed by atoms with Crippen molar-refractivity contribution in [2.75, 3.05) is 11.9 Å². The van der Waals surface area contributed by atoms with Gasteiger partial charge in [-0.3, -0.25) is 9.59 Å². The summed E-state index contributed by atoms with van der Waals surface area (Å²) in [6, 6.07) is 12.3. The molecule has 1 amide bonds. The largest absolute Gasteiger partial charge is 0.478 e. The van der Waals surface area contributed by atoms with Gasteiger partial charge in [-0.2, -0.15) is 5.26 Å². The Balaban J connectivity index is 1.74. The summed E-state index contributed by atoms with van der Waals surface area (Å²) in [5.74, 6) is -1.45. The topological polar surface area (TPSA) is 116 Å². The third-order valence-electron chi connectivity index (χ3n) is 6.15. The molecule has 1 aliphatic carbocycles. The van der Waals surface area contributed by atoms with Gasteiger partial charge in [-0.25, -0.2) is 4.79 Å². The highest BCUT2D eigenvalue weighted by atomic mass is 16.5. The van der Waals surface area contributed by atoms with Gasteiger partial charge < -0.3 is 15.2 Å². The van der Waals surface area contributed by atoms with Gasteiger partial charge in [-0.1, -0.05) is 19.1 Å². The Morgan fingerprint density at radius 1 is 1.21 bits per heavy atom. The van der Waals surface area contributed by atoms with Gasteiger partial charge in [0, 0.05) is 23.9 Å². The number of aromatic carboxylic acids is 1. The van der Waals surface area contributed by atoms with Gasteiger partial charge in [0.2, 0.25) is 5.91 Å². The molecule has 0 unspecified atom stereocenters. The first-order valence-corrected chi connectivity index (χ1v) is 11.1. The van der Waals surface area contributed by atoms with Crippen molar-refractivity contribution in [2.45, 2.75) is 57.8 Å². The van der Waals surface area contributed by atoms with Crippen molar-refractivity contribution < 1.29 is 24.2 Å². The Kier molecular flexibility index (Phi) is 7.49. The van der Waals surface area contributed by atoms with Crippen molar-refractivity contribution >= 4 is 23.5 Å². The molecule has 0 aliphatic heterocycles. The fourth-order valence-electron chi connectivity index (χ4n) is 4.40. The molecule has 2 aromatic rings. The minimum absolute atomic E-state index is 0.197. The zero-order valence-electron chi connectivity index (χ0n) is 18.9. The number of hydrogen-bond donors (Lipinski definition) is 2. The van der Waals surface area contributed by atoms with Crippen LogP contribution in [0.5, 0.6) is 0 Å². The zero-order valence-corrected chi connectivity index (χ0v) is 18.9. The first-order chi connectivity index (χ1) is 15.8. The molecule has 2 aromatic carbocycles. The van der Waals surface area contributed by atoms with E-state index in [0.717, 1.165) is 29.5 Å². The minimum Gasteiger partial charge on any atom is -0.478 e. The van der Waals surface area contributed by atoms with Crippen molar-refractivity contribution in [3.05, 3.63) is 64.2 Å². The van der Waals surface area contributed by atoms with Crippen LogP contribution in [-0.2, 0) is 32.6 Å². The smallest absolute Gasteiger partial charge is 0.335 e. The normalized spacial score (nSPS) is 16.5. The lowest BCUT2D eigenvalue weighted by Crippen LogP contribution is -2.27. The molecular weight excluding hydrogens is 420 g/mol. The van der Waals surface area contributed by atoms with E-state index < -0.39 is 11.4 Å². The van der Waals surface area contributed by atoms with E-state index in [4.69, 9.17) is 4.74 Å². The predicted molar refractivity (Wildman–Crippen MR) is 123 cm³/mol. The van der Waals surface area contributed by atoms with E-state index in [0.29, 0.717) is 30.7 Å². The number of hydrogen-bond acceptors (Lipinski definition) is 5. The van der Waals surface area contributed by atoms with Crippen LogP contribution in [0.25, 0.3) is 0 Å². The lowest BCUT2D eigenvalue weighted by Gasteiger charge is -2.25. The fraction of sp³-hybridized carbons (Fsp3) is 0.385. The predicted octanol–water partition coefficient (Wildman–Crippen LogP) is 4.37. The molecule has 172 valence electrons. The maximum absolute atomic E-state index is 13.0.